The first-order valence-corrected chi connectivity index (χ1v) is 9.84. The minimum atomic E-state index is -0.763. The van der Waals surface area contributed by atoms with Crippen molar-refractivity contribution < 1.29 is 14.8 Å². The van der Waals surface area contributed by atoms with Crippen molar-refractivity contribution >= 4 is 18.8 Å². The van der Waals surface area contributed by atoms with Gasteiger partial charge in [0.15, 0.2) is 0 Å². The highest BCUT2D eigenvalue weighted by Crippen LogP contribution is 2.32. The van der Waals surface area contributed by atoms with Crippen molar-refractivity contribution in [3.8, 4) is 5.75 Å². The average Bonchev–Trinajstić information content (AvgIpc) is 2.72. The Hall–Kier alpha value is -2.56. The Morgan fingerprint density at radius 1 is 1.18 bits per heavy atom. The van der Waals surface area contributed by atoms with Gasteiger partial charge in [-0.15, -0.1) is 0 Å². The topological polar surface area (TPSA) is 49.7 Å². The quantitative estimate of drug-likeness (QED) is 0.498. The first-order chi connectivity index (χ1) is 13.6. The van der Waals surface area contributed by atoms with Crippen LogP contribution in [0.4, 0.5) is 0 Å². The molecule has 0 aliphatic carbocycles. The summed E-state index contributed by atoms with van der Waals surface area (Å²) in [5.41, 5.74) is 5.18. The van der Waals surface area contributed by atoms with Crippen LogP contribution in [0.5, 0.6) is 5.75 Å². The van der Waals surface area contributed by atoms with E-state index in [1.165, 1.54) is 0 Å². The largest absolute Gasteiger partial charge is 0.507 e. The highest BCUT2D eigenvalue weighted by molar-refractivity contribution is 6.43. The molecule has 1 heterocycles. The summed E-state index contributed by atoms with van der Waals surface area (Å²) in [5.74, 6) is 0.264. The molecule has 2 aromatic rings. The zero-order chi connectivity index (χ0) is 19.9. The molecule has 0 saturated carbocycles. The monoisotopic (exact) mass is 374 g/mol. The van der Waals surface area contributed by atoms with E-state index >= 15 is 0 Å². The van der Waals surface area contributed by atoms with E-state index in [1.54, 1.807) is 6.07 Å². The molecule has 3 rings (SSSR count). The summed E-state index contributed by atoms with van der Waals surface area (Å²) in [4.78, 5) is 0. The van der Waals surface area contributed by atoms with Gasteiger partial charge in [-0.2, -0.15) is 0 Å². The Morgan fingerprint density at radius 3 is 2.61 bits per heavy atom. The molecule has 1 unspecified atom stereocenters. The van der Waals surface area contributed by atoms with E-state index in [1.807, 2.05) is 42.5 Å². The molecular weight excluding hydrogens is 347 g/mol. The molecule has 2 N–H and O–H groups in total. The molecule has 3 nitrogen and oxygen atoms in total. The number of benzene rings is 2. The average molecular weight is 374 g/mol. The second-order valence-corrected chi connectivity index (χ2v) is 7.06. The van der Waals surface area contributed by atoms with Gasteiger partial charge in [0.2, 0.25) is 0 Å². The van der Waals surface area contributed by atoms with Crippen LogP contribution in [0.1, 0.15) is 37.3 Å². The molecule has 1 atom stereocenters. The Bertz CT molecular complexity index is 870. The number of hydrogen-bond acceptors (Lipinski definition) is 3. The molecular formula is C24H27BO3. The lowest BCUT2D eigenvalue weighted by Gasteiger charge is -2.28. The molecule has 1 aliphatic rings. The van der Waals surface area contributed by atoms with Crippen LogP contribution in [-0.2, 0) is 4.65 Å². The van der Waals surface area contributed by atoms with E-state index in [2.05, 4.69) is 31.7 Å². The lowest BCUT2D eigenvalue weighted by molar-refractivity contribution is 0.184. The van der Waals surface area contributed by atoms with E-state index in [0.29, 0.717) is 6.32 Å². The Labute approximate surface area is 167 Å². The first kappa shape index (κ1) is 20.2. The summed E-state index contributed by atoms with van der Waals surface area (Å²) in [5, 5.41) is 20.1. The Kier molecular flexibility index (Phi) is 6.91. The van der Waals surface area contributed by atoms with E-state index in [9.17, 15) is 10.1 Å². The molecule has 0 spiro atoms. The molecule has 0 fully saturated rings. The van der Waals surface area contributed by atoms with Crippen LogP contribution in [0.15, 0.2) is 78.4 Å². The second-order valence-electron chi connectivity index (χ2n) is 7.06. The molecule has 0 amide bonds. The Balaban J connectivity index is 1.86. The van der Waals surface area contributed by atoms with Gasteiger partial charge in [0, 0.05) is 11.9 Å². The molecule has 0 saturated heterocycles. The zero-order valence-electron chi connectivity index (χ0n) is 16.3. The van der Waals surface area contributed by atoms with E-state index < -0.39 is 7.12 Å². The van der Waals surface area contributed by atoms with E-state index in [0.717, 1.165) is 47.1 Å². The van der Waals surface area contributed by atoms with Crippen molar-refractivity contribution in [2.24, 2.45) is 0 Å². The predicted octanol–water partition coefficient (Wildman–Crippen LogP) is 5.48. The first-order valence-electron chi connectivity index (χ1n) is 9.84. The van der Waals surface area contributed by atoms with Gasteiger partial charge in [0.05, 0.1) is 6.10 Å². The van der Waals surface area contributed by atoms with Crippen LogP contribution in [0.3, 0.4) is 0 Å². The van der Waals surface area contributed by atoms with Crippen molar-refractivity contribution in [1.29, 1.82) is 0 Å². The van der Waals surface area contributed by atoms with Gasteiger partial charge in [0.25, 0.3) is 0 Å². The third-order valence-electron chi connectivity index (χ3n) is 5.13. The number of phenolic OH excluding ortho intramolecular Hbond substituents is 1. The minimum Gasteiger partial charge on any atom is -0.507 e. The van der Waals surface area contributed by atoms with Crippen molar-refractivity contribution in [2.45, 2.75) is 38.6 Å². The highest BCUT2D eigenvalue weighted by atomic mass is 16.5. The normalized spacial score (nSPS) is 17.4. The summed E-state index contributed by atoms with van der Waals surface area (Å²) in [6.07, 6.45) is 6.76. The molecule has 28 heavy (non-hydrogen) atoms. The van der Waals surface area contributed by atoms with Gasteiger partial charge in [0.1, 0.15) is 5.75 Å². The third-order valence-corrected chi connectivity index (χ3v) is 5.13. The number of hydrogen-bond donors (Lipinski definition) is 2. The van der Waals surface area contributed by atoms with Gasteiger partial charge in [-0.1, -0.05) is 73.7 Å². The molecule has 0 bridgehead atoms. The maximum Gasteiger partial charge on any atom is 0.458 e. The fourth-order valence-electron chi connectivity index (χ4n) is 3.51. The van der Waals surface area contributed by atoms with Crippen molar-refractivity contribution in [2.75, 3.05) is 0 Å². The summed E-state index contributed by atoms with van der Waals surface area (Å²) in [6.45, 7) is 6.24. The molecule has 2 aromatic carbocycles. The fraction of sp³-hybridized carbons (Fsp3) is 0.250. The van der Waals surface area contributed by atoms with Crippen molar-refractivity contribution in [3.05, 3.63) is 89.5 Å². The van der Waals surface area contributed by atoms with Crippen LogP contribution in [-0.4, -0.2) is 23.4 Å². The third kappa shape index (κ3) is 5.03. The smallest absolute Gasteiger partial charge is 0.458 e. The molecule has 0 aromatic heterocycles. The number of allylic oxidation sites excluding steroid dienone is 2. The fourth-order valence-corrected chi connectivity index (χ4v) is 3.51. The standard InChI is InChI=1S/C24H27BO3/c1-3-18(2)22-15-16-25(27)28-24(22)14-13-20(19-9-5-4-6-10-19)17-21-11-7-8-12-23(21)26/h4-12,15,17,24,26-27H,2-3,13-14,16H2,1H3/b20-17-. The number of rotatable bonds is 7. The zero-order valence-corrected chi connectivity index (χ0v) is 16.3. The summed E-state index contributed by atoms with van der Waals surface area (Å²) in [6, 6.07) is 17.5. The Morgan fingerprint density at radius 2 is 1.89 bits per heavy atom. The van der Waals surface area contributed by atoms with Gasteiger partial charge < -0.3 is 14.8 Å². The van der Waals surface area contributed by atoms with Crippen molar-refractivity contribution in [1.82, 2.24) is 0 Å². The van der Waals surface area contributed by atoms with Gasteiger partial charge >= 0.3 is 7.12 Å². The lowest BCUT2D eigenvalue weighted by Crippen LogP contribution is -2.31. The molecule has 0 radical (unpaired) electrons. The molecule has 4 heteroatoms. The minimum absolute atomic E-state index is 0.173. The van der Waals surface area contributed by atoms with Gasteiger partial charge in [-0.3, -0.25) is 0 Å². The molecule has 144 valence electrons. The van der Waals surface area contributed by atoms with Crippen molar-refractivity contribution in [3.63, 3.8) is 0 Å². The van der Waals surface area contributed by atoms with E-state index in [4.69, 9.17) is 4.65 Å². The lowest BCUT2D eigenvalue weighted by atomic mass is 9.77. The number of para-hydroxylation sites is 1. The SMILES string of the molecule is C=C(CC)C1=CCB(O)OC1CC/C(=C/c1ccccc1O)c1ccccc1. The van der Waals surface area contributed by atoms with Gasteiger partial charge in [-0.05, 0) is 48.1 Å². The molecule has 1 aliphatic heterocycles. The number of phenols is 1. The van der Waals surface area contributed by atoms with Crippen LogP contribution in [0, 0.1) is 0 Å². The summed E-state index contributed by atoms with van der Waals surface area (Å²) in [7, 11) is -0.763. The number of aromatic hydroxyl groups is 1. The highest BCUT2D eigenvalue weighted by Gasteiger charge is 2.27. The maximum atomic E-state index is 10.2. The summed E-state index contributed by atoms with van der Waals surface area (Å²) < 4.78 is 5.83. The second kappa shape index (κ2) is 9.58. The van der Waals surface area contributed by atoms with E-state index in [-0.39, 0.29) is 11.9 Å². The van der Waals surface area contributed by atoms with Crippen LogP contribution in [0.25, 0.3) is 11.6 Å². The van der Waals surface area contributed by atoms with Gasteiger partial charge in [-0.25, -0.2) is 0 Å². The van der Waals surface area contributed by atoms with Crippen LogP contribution in [0.2, 0.25) is 6.32 Å². The van der Waals surface area contributed by atoms with Crippen LogP contribution < -0.4 is 0 Å². The maximum absolute atomic E-state index is 10.2. The summed E-state index contributed by atoms with van der Waals surface area (Å²) >= 11 is 0. The van der Waals surface area contributed by atoms with Crippen LogP contribution >= 0.6 is 0 Å². The predicted molar refractivity (Wildman–Crippen MR) is 117 cm³/mol.